The lowest BCUT2D eigenvalue weighted by molar-refractivity contribution is -0.119. The Balaban J connectivity index is 1.59. The van der Waals surface area contributed by atoms with E-state index in [9.17, 15) is 13.2 Å². The molecule has 0 fully saturated rings. The second-order valence-electron chi connectivity index (χ2n) is 7.99. The van der Waals surface area contributed by atoms with E-state index in [4.69, 9.17) is 11.6 Å². The van der Waals surface area contributed by atoms with Crippen LogP contribution >= 0.6 is 23.4 Å². The van der Waals surface area contributed by atoms with Crippen LogP contribution in [0.5, 0.6) is 0 Å². The molecule has 0 spiro atoms. The number of amides is 1. The van der Waals surface area contributed by atoms with Gasteiger partial charge in [0.2, 0.25) is 5.91 Å². The van der Waals surface area contributed by atoms with Crippen LogP contribution in [-0.4, -0.2) is 33.2 Å². The molecule has 0 bridgehead atoms. The summed E-state index contributed by atoms with van der Waals surface area (Å²) in [6.45, 7) is 3.94. The summed E-state index contributed by atoms with van der Waals surface area (Å²) in [5, 5.41) is 3.59. The molecule has 8 heteroatoms. The quantitative estimate of drug-likeness (QED) is 0.337. The van der Waals surface area contributed by atoms with Crippen LogP contribution in [0.15, 0.2) is 77.7 Å². The molecule has 0 heterocycles. The van der Waals surface area contributed by atoms with E-state index in [1.54, 1.807) is 48.2 Å². The summed E-state index contributed by atoms with van der Waals surface area (Å²) in [5.41, 5.74) is 3.45. The van der Waals surface area contributed by atoms with E-state index >= 15 is 0 Å². The Labute approximate surface area is 211 Å². The van der Waals surface area contributed by atoms with E-state index in [2.05, 4.69) is 5.32 Å². The molecule has 0 aliphatic heterocycles. The third-order valence-corrected chi connectivity index (χ3v) is 8.39. The number of thioether (sulfide) groups is 1. The molecule has 180 valence electrons. The average Bonchev–Trinajstić information content (AvgIpc) is 2.81. The van der Waals surface area contributed by atoms with E-state index in [0.717, 1.165) is 34.1 Å². The van der Waals surface area contributed by atoms with Gasteiger partial charge in [0.25, 0.3) is 10.0 Å². The number of benzene rings is 3. The van der Waals surface area contributed by atoms with E-state index in [0.29, 0.717) is 12.2 Å². The van der Waals surface area contributed by atoms with Crippen molar-refractivity contribution in [3.05, 3.63) is 94.5 Å². The summed E-state index contributed by atoms with van der Waals surface area (Å²) in [6.07, 6.45) is 0.791. The maximum absolute atomic E-state index is 13.4. The van der Waals surface area contributed by atoms with Crippen molar-refractivity contribution in [2.75, 3.05) is 23.1 Å². The lowest BCUT2D eigenvalue weighted by Crippen LogP contribution is -2.41. The van der Waals surface area contributed by atoms with Crippen molar-refractivity contribution in [3.63, 3.8) is 0 Å². The number of rotatable bonds is 11. The Bertz CT molecular complexity index is 1200. The molecule has 5 nitrogen and oxygen atoms in total. The summed E-state index contributed by atoms with van der Waals surface area (Å²) >= 11 is 7.69. The first-order chi connectivity index (χ1) is 16.3. The van der Waals surface area contributed by atoms with Crippen molar-refractivity contribution in [3.8, 4) is 0 Å². The predicted octanol–water partition coefficient (Wildman–Crippen LogP) is 5.59. The number of sulfonamides is 1. The summed E-state index contributed by atoms with van der Waals surface area (Å²) in [5.74, 6) is 1.43. The zero-order valence-corrected chi connectivity index (χ0v) is 21.7. The van der Waals surface area contributed by atoms with Gasteiger partial charge in [0, 0.05) is 17.3 Å². The van der Waals surface area contributed by atoms with E-state index < -0.39 is 10.0 Å². The number of para-hydroxylation sites is 1. The standard InChI is InChI=1S/C26H29ClN2O3S2/c1-20-8-14-24(15-9-20)34(31,32)29(25-7-4-3-6-21(25)2)18-26(30)28-16-5-17-33-19-22-10-12-23(27)13-11-22/h3-4,6-15H,5,16-19H2,1-2H3,(H,28,30). The van der Waals surface area contributed by atoms with Crippen molar-refractivity contribution < 1.29 is 13.2 Å². The van der Waals surface area contributed by atoms with Crippen LogP contribution < -0.4 is 9.62 Å². The summed E-state index contributed by atoms with van der Waals surface area (Å²) < 4.78 is 28.1. The van der Waals surface area contributed by atoms with Crippen LogP contribution in [0.1, 0.15) is 23.1 Å². The Morgan fingerprint density at radius 1 is 0.971 bits per heavy atom. The SMILES string of the molecule is Cc1ccc(S(=O)(=O)N(CC(=O)NCCCSCc2ccc(Cl)cc2)c2ccccc2C)cc1. The third kappa shape index (κ3) is 7.26. The van der Waals surface area contributed by atoms with Crippen molar-refractivity contribution in [2.45, 2.75) is 30.9 Å². The second kappa shape index (κ2) is 12.3. The van der Waals surface area contributed by atoms with Gasteiger partial charge in [0.05, 0.1) is 10.6 Å². The van der Waals surface area contributed by atoms with Crippen LogP contribution in [0.2, 0.25) is 5.02 Å². The minimum atomic E-state index is -3.90. The van der Waals surface area contributed by atoms with Gasteiger partial charge in [-0.3, -0.25) is 9.10 Å². The van der Waals surface area contributed by atoms with Crippen molar-refractivity contribution >= 4 is 45.0 Å². The average molecular weight is 517 g/mol. The Hall–Kier alpha value is -2.48. The molecule has 0 aliphatic rings. The smallest absolute Gasteiger partial charge is 0.264 e. The lowest BCUT2D eigenvalue weighted by Gasteiger charge is -2.25. The number of hydrogen-bond donors (Lipinski definition) is 1. The van der Waals surface area contributed by atoms with E-state index in [-0.39, 0.29) is 17.3 Å². The third-order valence-electron chi connectivity index (χ3n) is 5.25. The number of carbonyl (C=O) groups is 1. The maximum atomic E-state index is 13.4. The molecule has 3 aromatic carbocycles. The van der Waals surface area contributed by atoms with Gasteiger partial charge in [-0.25, -0.2) is 8.42 Å². The molecule has 0 aromatic heterocycles. The zero-order valence-electron chi connectivity index (χ0n) is 19.3. The van der Waals surface area contributed by atoms with Gasteiger partial charge in [0.15, 0.2) is 0 Å². The molecule has 3 aromatic rings. The fraction of sp³-hybridized carbons (Fsp3) is 0.269. The van der Waals surface area contributed by atoms with Crippen LogP contribution in [0.4, 0.5) is 5.69 Å². The highest BCUT2D eigenvalue weighted by molar-refractivity contribution is 7.98. The number of anilines is 1. The first kappa shape index (κ1) is 26.1. The van der Waals surface area contributed by atoms with Gasteiger partial charge in [0.1, 0.15) is 6.54 Å². The molecule has 34 heavy (non-hydrogen) atoms. The Morgan fingerprint density at radius 3 is 2.32 bits per heavy atom. The molecular formula is C26H29ClN2O3S2. The molecule has 0 aliphatic carbocycles. The number of halogens is 1. The molecule has 0 radical (unpaired) electrons. The van der Waals surface area contributed by atoms with Crippen LogP contribution in [0.3, 0.4) is 0 Å². The molecule has 0 saturated carbocycles. The monoisotopic (exact) mass is 516 g/mol. The van der Waals surface area contributed by atoms with Crippen LogP contribution in [0.25, 0.3) is 0 Å². The van der Waals surface area contributed by atoms with Crippen LogP contribution in [0, 0.1) is 13.8 Å². The van der Waals surface area contributed by atoms with Gasteiger partial charge in [-0.05, 0) is 67.5 Å². The largest absolute Gasteiger partial charge is 0.354 e. The first-order valence-corrected chi connectivity index (χ1v) is 14.0. The maximum Gasteiger partial charge on any atom is 0.264 e. The minimum Gasteiger partial charge on any atom is -0.354 e. The van der Waals surface area contributed by atoms with Crippen LogP contribution in [-0.2, 0) is 20.6 Å². The highest BCUT2D eigenvalue weighted by Crippen LogP contribution is 2.26. The Kier molecular flexibility index (Phi) is 9.45. The fourth-order valence-electron chi connectivity index (χ4n) is 3.34. The Morgan fingerprint density at radius 2 is 1.65 bits per heavy atom. The molecule has 0 saturated heterocycles. The normalized spacial score (nSPS) is 11.3. The van der Waals surface area contributed by atoms with Gasteiger partial charge in [-0.15, -0.1) is 0 Å². The van der Waals surface area contributed by atoms with Gasteiger partial charge in [-0.1, -0.05) is 59.6 Å². The molecule has 1 amide bonds. The molecule has 0 atom stereocenters. The minimum absolute atomic E-state index is 0.160. The summed E-state index contributed by atoms with van der Waals surface area (Å²) in [7, 11) is -3.90. The van der Waals surface area contributed by atoms with Gasteiger partial charge in [-0.2, -0.15) is 11.8 Å². The highest BCUT2D eigenvalue weighted by Gasteiger charge is 2.28. The zero-order chi connectivity index (χ0) is 24.6. The number of nitrogens with one attached hydrogen (secondary N) is 1. The molecule has 3 rings (SSSR count). The van der Waals surface area contributed by atoms with Crippen molar-refractivity contribution in [1.82, 2.24) is 5.32 Å². The number of aryl methyl sites for hydroxylation is 2. The molecule has 0 unspecified atom stereocenters. The first-order valence-electron chi connectivity index (χ1n) is 11.0. The topological polar surface area (TPSA) is 66.5 Å². The summed E-state index contributed by atoms with van der Waals surface area (Å²) in [6, 6.07) is 21.6. The predicted molar refractivity (Wildman–Crippen MR) is 142 cm³/mol. The van der Waals surface area contributed by atoms with Crippen molar-refractivity contribution in [2.24, 2.45) is 0 Å². The molecular weight excluding hydrogens is 488 g/mol. The highest BCUT2D eigenvalue weighted by atomic mass is 35.5. The van der Waals surface area contributed by atoms with Gasteiger partial charge < -0.3 is 5.32 Å². The summed E-state index contributed by atoms with van der Waals surface area (Å²) in [4.78, 5) is 12.9. The van der Waals surface area contributed by atoms with E-state index in [1.165, 1.54) is 9.87 Å². The van der Waals surface area contributed by atoms with Gasteiger partial charge >= 0.3 is 0 Å². The number of nitrogens with zero attached hydrogens (tertiary/aromatic N) is 1. The second-order valence-corrected chi connectivity index (χ2v) is 11.4. The fourth-order valence-corrected chi connectivity index (χ4v) is 5.87. The number of hydrogen-bond acceptors (Lipinski definition) is 4. The van der Waals surface area contributed by atoms with E-state index in [1.807, 2.05) is 50.2 Å². The molecule has 1 N–H and O–H groups in total. The van der Waals surface area contributed by atoms with Crippen molar-refractivity contribution in [1.29, 1.82) is 0 Å². The lowest BCUT2D eigenvalue weighted by atomic mass is 10.2. The number of carbonyl (C=O) groups excluding carboxylic acids is 1.